The van der Waals surface area contributed by atoms with Gasteiger partial charge in [-0.3, -0.25) is 4.79 Å². The molecule has 0 spiro atoms. The van der Waals surface area contributed by atoms with Crippen molar-refractivity contribution in [2.24, 2.45) is 0 Å². The largest absolute Gasteiger partial charge is 0.455 e. The van der Waals surface area contributed by atoms with Crippen LogP contribution in [0.3, 0.4) is 0 Å². The molecule has 2 rings (SSSR count). The van der Waals surface area contributed by atoms with Crippen molar-refractivity contribution in [2.75, 3.05) is 25.2 Å². The van der Waals surface area contributed by atoms with Gasteiger partial charge in [0, 0.05) is 7.05 Å². The summed E-state index contributed by atoms with van der Waals surface area (Å²) >= 11 is 0. The van der Waals surface area contributed by atoms with Crippen LogP contribution < -0.4 is 10.1 Å². The number of nitrogens with one attached hydrogen (secondary N) is 1. The van der Waals surface area contributed by atoms with Gasteiger partial charge in [0.2, 0.25) is 15.9 Å². The molecular weight excluding hydrogens is 316 g/mol. The van der Waals surface area contributed by atoms with Crippen LogP contribution in [0.25, 0.3) is 0 Å². The number of hydrogen-bond donors (Lipinski definition) is 1. The summed E-state index contributed by atoms with van der Waals surface area (Å²) in [6, 6.07) is 16.1. The maximum Gasteiger partial charge on any atom is 0.239 e. The Labute approximate surface area is 135 Å². The lowest BCUT2D eigenvalue weighted by molar-refractivity contribution is -0.116. The molecule has 0 unspecified atom stereocenters. The molecule has 0 saturated heterocycles. The van der Waals surface area contributed by atoms with Crippen molar-refractivity contribution in [1.82, 2.24) is 4.31 Å². The fourth-order valence-corrected chi connectivity index (χ4v) is 2.14. The molecule has 6 nitrogen and oxygen atoms in total. The van der Waals surface area contributed by atoms with Crippen molar-refractivity contribution >= 4 is 21.6 Å². The quantitative estimate of drug-likeness (QED) is 0.879. The van der Waals surface area contributed by atoms with Crippen molar-refractivity contribution in [1.29, 1.82) is 0 Å². The fraction of sp³-hybridized carbons (Fsp3) is 0.188. The van der Waals surface area contributed by atoms with E-state index in [1.54, 1.807) is 36.4 Å². The number of para-hydroxylation sites is 3. The zero-order valence-electron chi connectivity index (χ0n) is 12.9. The number of carbonyl (C=O) groups excluding carboxylic acids is 1. The predicted molar refractivity (Wildman–Crippen MR) is 89.1 cm³/mol. The minimum atomic E-state index is -3.41. The van der Waals surface area contributed by atoms with E-state index in [-0.39, 0.29) is 6.54 Å². The number of nitrogens with zero attached hydrogens (tertiary/aromatic N) is 1. The van der Waals surface area contributed by atoms with E-state index in [4.69, 9.17) is 4.74 Å². The molecule has 0 fully saturated rings. The monoisotopic (exact) mass is 334 g/mol. The highest BCUT2D eigenvalue weighted by molar-refractivity contribution is 7.88. The van der Waals surface area contributed by atoms with Crippen molar-refractivity contribution in [3.8, 4) is 11.5 Å². The average Bonchev–Trinajstić information content (AvgIpc) is 2.49. The van der Waals surface area contributed by atoms with E-state index >= 15 is 0 Å². The van der Waals surface area contributed by atoms with E-state index in [2.05, 4.69) is 5.32 Å². The third kappa shape index (κ3) is 5.08. The van der Waals surface area contributed by atoms with Crippen LogP contribution in [0.5, 0.6) is 11.5 Å². The number of likely N-dealkylation sites (N-methyl/N-ethyl adjacent to an activating group) is 1. The van der Waals surface area contributed by atoms with Gasteiger partial charge < -0.3 is 10.1 Å². The first-order valence-electron chi connectivity index (χ1n) is 6.89. The van der Waals surface area contributed by atoms with E-state index in [0.717, 1.165) is 10.6 Å². The molecule has 0 radical (unpaired) electrons. The number of sulfonamides is 1. The average molecular weight is 334 g/mol. The molecule has 2 aromatic rings. The molecule has 0 aliphatic carbocycles. The SMILES string of the molecule is CN(CC(=O)Nc1ccccc1Oc1ccccc1)S(C)(=O)=O. The van der Waals surface area contributed by atoms with Crippen LogP contribution in [0.15, 0.2) is 54.6 Å². The topological polar surface area (TPSA) is 75.7 Å². The van der Waals surface area contributed by atoms with Crippen LogP contribution in [0.1, 0.15) is 0 Å². The minimum Gasteiger partial charge on any atom is -0.455 e. The Balaban J connectivity index is 2.10. The zero-order valence-corrected chi connectivity index (χ0v) is 13.7. The van der Waals surface area contributed by atoms with Gasteiger partial charge in [-0.15, -0.1) is 0 Å². The van der Waals surface area contributed by atoms with Crippen LogP contribution in [0, 0.1) is 0 Å². The van der Waals surface area contributed by atoms with Crippen LogP contribution in [0.4, 0.5) is 5.69 Å². The molecule has 0 aliphatic rings. The van der Waals surface area contributed by atoms with Gasteiger partial charge in [0.05, 0.1) is 18.5 Å². The number of ether oxygens (including phenoxy) is 1. The van der Waals surface area contributed by atoms with Gasteiger partial charge in [0.15, 0.2) is 5.75 Å². The Morgan fingerprint density at radius 3 is 2.35 bits per heavy atom. The summed E-state index contributed by atoms with van der Waals surface area (Å²) < 4.78 is 29.4. The van der Waals surface area contributed by atoms with Gasteiger partial charge in [0.1, 0.15) is 5.75 Å². The van der Waals surface area contributed by atoms with Crippen LogP contribution in [-0.4, -0.2) is 38.5 Å². The van der Waals surface area contributed by atoms with Crippen molar-refractivity contribution in [2.45, 2.75) is 0 Å². The predicted octanol–water partition coefficient (Wildman–Crippen LogP) is 2.31. The first-order chi connectivity index (χ1) is 10.9. The summed E-state index contributed by atoms with van der Waals surface area (Å²) in [5, 5.41) is 2.66. The molecule has 23 heavy (non-hydrogen) atoms. The molecule has 7 heteroatoms. The number of rotatable bonds is 6. The molecule has 0 heterocycles. The third-order valence-electron chi connectivity index (χ3n) is 3.06. The van der Waals surface area contributed by atoms with Crippen LogP contribution in [0.2, 0.25) is 0 Å². The van der Waals surface area contributed by atoms with Crippen molar-refractivity contribution in [3.05, 3.63) is 54.6 Å². The van der Waals surface area contributed by atoms with Crippen molar-refractivity contribution < 1.29 is 17.9 Å². The lowest BCUT2D eigenvalue weighted by Crippen LogP contribution is -2.34. The highest BCUT2D eigenvalue weighted by Crippen LogP contribution is 2.28. The summed E-state index contributed by atoms with van der Waals surface area (Å²) in [5.74, 6) is 0.679. The van der Waals surface area contributed by atoms with Gasteiger partial charge in [0.25, 0.3) is 0 Å². The summed E-state index contributed by atoms with van der Waals surface area (Å²) in [5.41, 5.74) is 0.475. The van der Waals surface area contributed by atoms with Crippen LogP contribution in [-0.2, 0) is 14.8 Å². The number of carbonyl (C=O) groups is 1. The molecule has 1 amide bonds. The second-order valence-corrected chi connectivity index (χ2v) is 7.07. The maximum absolute atomic E-state index is 12.0. The molecule has 0 bridgehead atoms. The molecule has 0 atom stereocenters. The van der Waals surface area contributed by atoms with E-state index in [1.165, 1.54) is 7.05 Å². The van der Waals surface area contributed by atoms with Crippen LogP contribution >= 0.6 is 0 Å². The summed E-state index contributed by atoms with van der Waals surface area (Å²) in [6.45, 7) is -0.265. The Morgan fingerprint density at radius 1 is 1.09 bits per heavy atom. The number of anilines is 1. The highest BCUT2D eigenvalue weighted by Gasteiger charge is 2.16. The summed E-state index contributed by atoms with van der Waals surface area (Å²) in [7, 11) is -2.06. The maximum atomic E-state index is 12.0. The molecular formula is C16H18N2O4S. The molecule has 122 valence electrons. The smallest absolute Gasteiger partial charge is 0.239 e. The van der Waals surface area contributed by atoms with Crippen molar-refractivity contribution in [3.63, 3.8) is 0 Å². The Hall–Kier alpha value is -2.38. The van der Waals surface area contributed by atoms with Gasteiger partial charge in [-0.05, 0) is 24.3 Å². The molecule has 0 aliphatic heterocycles. The number of amides is 1. The number of benzene rings is 2. The molecule has 1 N–H and O–H groups in total. The number of hydrogen-bond acceptors (Lipinski definition) is 4. The van der Waals surface area contributed by atoms with E-state index in [1.807, 2.05) is 18.2 Å². The van der Waals surface area contributed by atoms with Gasteiger partial charge in [-0.1, -0.05) is 30.3 Å². The summed E-state index contributed by atoms with van der Waals surface area (Å²) in [6.07, 6.45) is 1.05. The van der Waals surface area contributed by atoms with Gasteiger partial charge >= 0.3 is 0 Å². The lowest BCUT2D eigenvalue weighted by atomic mass is 10.3. The fourth-order valence-electron chi connectivity index (χ4n) is 1.78. The second kappa shape index (κ2) is 7.26. The van der Waals surface area contributed by atoms with Gasteiger partial charge in [-0.25, -0.2) is 8.42 Å². The van der Waals surface area contributed by atoms with E-state index < -0.39 is 15.9 Å². The highest BCUT2D eigenvalue weighted by atomic mass is 32.2. The third-order valence-corrected chi connectivity index (χ3v) is 4.33. The molecule has 0 aromatic heterocycles. The van der Waals surface area contributed by atoms with E-state index in [0.29, 0.717) is 17.2 Å². The zero-order chi connectivity index (χ0) is 16.9. The lowest BCUT2D eigenvalue weighted by Gasteiger charge is -2.15. The van der Waals surface area contributed by atoms with Gasteiger partial charge in [-0.2, -0.15) is 4.31 Å². The Kier molecular flexibility index (Phi) is 5.36. The second-order valence-electron chi connectivity index (χ2n) is 4.98. The normalized spacial score (nSPS) is 11.3. The van der Waals surface area contributed by atoms with E-state index in [9.17, 15) is 13.2 Å². The molecule has 0 saturated carbocycles. The Bertz CT molecular complexity index is 776. The molecule has 2 aromatic carbocycles. The standard InChI is InChI=1S/C16H18N2O4S/c1-18(23(2,20)21)12-16(19)17-14-10-6-7-11-15(14)22-13-8-4-3-5-9-13/h3-11H,12H2,1-2H3,(H,17,19). The Morgan fingerprint density at radius 2 is 1.70 bits per heavy atom. The first kappa shape index (κ1) is 17.0. The summed E-state index contributed by atoms with van der Waals surface area (Å²) in [4.78, 5) is 12.0. The first-order valence-corrected chi connectivity index (χ1v) is 8.74. The minimum absolute atomic E-state index is 0.265.